The summed E-state index contributed by atoms with van der Waals surface area (Å²) in [6.45, 7) is 35.0. The molecule has 2 fully saturated rings. The number of nitrogens with one attached hydrogen (secondary N) is 1. The minimum absolute atomic E-state index is 0.0164. The smallest absolute Gasteiger partial charge is 0.226 e. The molecule has 408 valence electrons. The van der Waals surface area contributed by atoms with Crippen LogP contribution in [0.2, 0.25) is 0 Å². The maximum Gasteiger partial charge on any atom is 0.226 e. The number of aliphatic hydroxyl groups is 1. The number of piperidine rings is 1. The van der Waals surface area contributed by atoms with E-state index in [9.17, 15) is 14.4 Å². The van der Waals surface area contributed by atoms with Crippen molar-refractivity contribution < 1.29 is 33.7 Å². The van der Waals surface area contributed by atoms with Crippen molar-refractivity contribution in [2.24, 2.45) is 22.7 Å². The van der Waals surface area contributed by atoms with Gasteiger partial charge in [-0.05, 0) is 162 Å². The first-order valence-corrected chi connectivity index (χ1v) is 28.2. The van der Waals surface area contributed by atoms with E-state index in [4.69, 9.17) is 19.3 Å². The Hall–Kier alpha value is -4.86. The van der Waals surface area contributed by atoms with Crippen molar-refractivity contribution in [2.75, 3.05) is 26.4 Å². The van der Waals surface area contributed by atoms with Gasteiger partial charge in [0.2, 0.25) is 5.91 Å². The van der Waals surface area contributed by atoms with E-state index in [1.165, 1.54) is 66.9 Å². The van der Waals surface area contributed by atoms with Crippen molar-refractivity contribution >= 4 is 34.8 Å². The number of aryl methyl sites for hydroxylation is 1. The number of hydrogen-bond donors (Lipinski definition) is 2. The molecule has 0 bridgehead atoms. The summed E-state index contributed by atoms with van der Waals surface area (Å²) in [5.74, 6) is 2.33. The van der Waals surface area contributed by atoms with Crippen LogP contribution in [-0.4, -0.2) is 67.4 Å². The number of benzene rings is 2. The number of Topliss-reactive ketones (excluding diaryl/α,β-unsaturated/α-hetero) is 2. The van der Waals surface area contributed by atoms with Gasteiger partial charge in [-0.1, -0.05) is 138 Å². The molecule has 2 aliphatic heterocycles. The second-order valence-corrected chi connectivity index (χ2v) is 19.5. The second kappa shape index (κ2) is 38.7. The highest BCUT2D eigenvalue weighted by Crippen LogP contribution is 2.33. The Morgan fingerprint density at radius 3 is 2.14 bits per heavy atom. The average molecular weight is 1010 g/mol. The lowest BCUT2D eigenvalue weighted by Crippen LogP contribution is -2.32. The Bertz CT molecular complexity index is 2100. The third-order valence-electron chi connectivity index (χ3n) is 13.1. The first kappa shape index (κ1) is 66.2. The van der Waals surface area contributed by atoms with Gasteiger partial charge in [-0.3, -0.25) is 19.4 Å². The van der Waals surface area contributed by atoms with Gasteiger partial charge in [0.15, 0.2) is 11.6 Å². The highest BCUT2D eigenvalue weighted by Gasteiger charge is 2.22. The normalized spacial score (nSPS) is 16.6. The van der Waals surface area contributed by atoms with E-state index >= 15 is 0 Å². The largest absolute Gasteiger partial charge is 0.491 e. The first-order chi connectivity index (χ1) is 35.1. The van der Waals surface area contributed by atoms with Gasteiger partial charge in [-0.15, -0.1) is 0 Å². The zero-order chi connectivity index (χ0) is 54.7. The average Bonchev–Trinajstić information content (AvgIpc) is 3.38. The van der Waals surface area contributed by atoms with Gasteiger partial charge in [0.1, 0.15) is 11.5 Å². The monoisotopic (exact) mass is 1010 g/mol. The predicted molar refractivity (Wildman–Crippen MR) is 310 cm³/mol. The van der Waals surface area contributed by atoms with Gasteiger partial charge in [-0.2, -0.15) is 0 Å². The zero-order valence-corrected chi connectivity index (χ0v) is 48.2. The SMILES string of the molecule is C=C1CCC(C)C(=O)N1.CC.CCCCC(CC)Oc1ccc(C(C)=O)c(C(=O)C(C)C)c1.CCCCOCCCO.C\C=C(/C=C\C(=C\CC)OC1CCC1)c1ccc(C2=C(C(C)CC)CCN=C2)c(C)c1. The number of carbonyl (C=O) groups excluding carboxylic acids is 3. The summed E-state index contributed by atoms with van der Waals surface area (Å²) in [7, 11) is 0. The van der Waals surface area contributed by atoms with Gasteiger partial charge >= 0.3 is 0 Å². The number of unbranched alkanes of at least 4 members (excludes halogenated alkanes) is 2. The van der Waals surface area contributed by atoms with Crippen LogP contribution in [0.5, 0.6) is 5.75 Å². The molecule has 2 heterocycles. The quantitative estimate of drug-likeness (QED) is 0.0464. The van der Waals surface area contributed by atoms with E-state index in [0.29, 0.717) is 35.5 Å². The fourth-order valence-electron chi connectivity index (χ4n) is 8.06. The highest BCUT2D eigenvalue weighted by atomic mass is 16.5. The van der Waals surface area contributed by atoms with Crippen molar-refractivity contribution in [1.29, 1.82) is 0 Å². The Labute approximate surface area is 444 Å². The van der Waals surface area contributed by atoms with E-state index < -0.39 is 0 Å². The summed E-state index contributed by atoms with van der Waals surface area (Å²) >= 11 is 0. The van der Waals surface area contributed by atoms with Crippen LogP contribution in [0.25, 0.3) is 11.1 Å². The molecule has 5 rings (SSSR count). The second-order valence-electron chi connectivity index (χ2n) is 19.5. The standard InChI is InChI=1S/C29H39NO.C19H28O3.C7H11NO.C7H16O2.C2H6/c1-6-10-25(31-26-11-9-12-26)15-13-23(8-3)24-14-16-27(22(5)19-24)29-20-30-18-17-28(29)21(4)7-2;1-6-8-9-15(7-2)22-16-10-11-17(14(5)20)18(12-16)19(21)13(3)4;1-5-3-4-6(2)8-7(5)9;1-2-3-6-9-7-4-5-8;1-2/h8,10,13-16,19-21,26H,6-7,9,11-12,17-18H2,1-5H3;10-13,15H,6-9H2,1-5H3;5H,2-4H2,1H3,(H,8,9);8H,2-7H2,1H3;1-2H3/b15-13-,23-8+,25-10-;;;;. The van der Waals surface area contributed by atoms with Gasteiger partial charge in [0.05, 0.1) is 12.2 Å². The third kappa shape index (κ3) is 24.8. The maximum atomic E-state index is 12.3. The summed E-state index contributed by atoms with van der Waals surface area (Å²) < 4.78 is 17.3. The van der Waals surface area contributed by atoms with E-state index in [2.05, 4.69) is 121 Å². The fourth-order valence-corrected chi connectivity index (χ4v) is 8.06. The van der Waals surface area contributed by atoms with Crippen LogP contribution in [0.15, 0.2) is 89.3 Å². The number of ether oxygens (including phenoxy) is 3. The van der Waals surface area contributed by atoms with Crippen LogP contribution in [0.4, 0.5) is 0 Å². The Morgan fingerprint density at radius 2 is 1.60 bits per heavy atom. The molecule has 3 aliphatic rings. The van der Waals surface area contributed by atoms with E-state index in [-0.39, 0.29) is 42.0 Å². The lowest BCUT2D eigenvalue weighted by Gasteiger charge is -2.27. The predicted octanol–water partition coefficient (Wildman–Crippen LogP) is 16.4. The number of hydrogen-bond acceptors (Lipinski definition) is 8. The first-order valence-electron chi connectivity index (χ1n) is 28.2. The van der Waals surface area contributed by atoms with Crippen LogP contribution in [0.1, 0.15) is 224 Å². The number of aliphatic imine (C=N–C) groups is 1. The summed E-state index contributed by atoms with van der Waals surface area (Å²) in [6, 6.07) is 12.1. The number of dihydropyridines is 1. The zero-order valence-electron chi connectivity index (χ0n) is 48.2. The molecule has 1 saturated carbocycles. The molecular weight excluding hydrogens is 909 g/mol. The molecule has 73 heavy (non-hydrogen) atoms. The molecule has 0 radical (unpaired) electrons. The molecule has 0 spiro atoms. The molecular formula is C64H100N2O7. The molecule has 3 atom stereocenters. The van der Waals surface area contributed by atoms with E-state index in [1.807, 2.05) is 34.6 Å². The summed E-state index contributed by atoms with van der Waals surface area (Å²) in [5, 5.41) is 11.0. The van der Waals surface area contributed by atoms with Gasteiger partial charge in [-0.25, -0.2) is 0 Å². The minimum Gasteiger partial charge on any atom is -0.491 e. The van der Waals surface area contributed by atoms with Crippen LogP contribution >= 0.6 is 0 Å². The van der Waals surface area contributed by atoms with Crippen molar-refractivity contribution in [2.45, 2.75) is 205 Å². The number of ketones is 2. The van der Waals surface area contributed by atoms with Crippen LogP contribution in [0.3, 0.4) is 0 Å². The number of amides is 1. The Balaban J connectivity index is 0.000000546. The number of allylic oxidation sites excluding steroid dienone is 7. The van der Waals surface area contributed by atoms with Crippen LogP contribution < -0.4 is 10.1 Å². The van der Waals surface area contributed by atoms with E-state index in [1.54, 1.807) is 23.8 Å². The lowest BCUT2D eigenvalue weighted by atomic mass is 9.85. The summed E-state index contributed by atoms with van der Waals surface area (Å²) in [4.78, 5) is 39.5. The highest BCUT2D eigenvalue weighted by molar-refractivity contribution is 6.12. The van der Waals surface area contributed by atoms with Crippen molar-refractivity contribution in [3.63, 3.8) is 0 Å². The molecule has 1 amide bonds. The van der Waals surface area contributed by atoms with Gasteiger partial charge in [0.25, 0.3) is 0 Å². The molecule has 9 nitrogen and oxygen atoms in total. The number of carbonyl (C=O) groups is 3. The summed E-state index contributed by atoms with van der Waals surface area (Å²) in [5.41, 5.74) is 9.81. The van der Waals surface area contributed by atoms with Crippen LogP contribution in [0, 0.1) is 24.7 Å². The van der Waals surface area contributed by atoms with Gasteiger partial charge < -0.3 is 24.6 Å². The summed E-state index contributed by atoms with van der Waals surface area (Å²) in [6.07, 6.45) is 27.4. The number of nitrogens with zero attached hydrogens (tertiary/aromatic N) is 1. The molecule has 2 aromatic carbocycles. The maximum absolute atomic E-state index is 12.3. The Morgan fingerprint density at radius 1 is 0.904 bits per heavy atom. The van der Waals surface area contributed by atoms with Crippen LogP contribution in [-0.2, 0) is 14.3 Å². The fraction of sp³-hybridized carbons (Fsp3) is 0.594. The van der Waals surface area contributed by atoms with Crippen molar-refractivity contribution in [3.05, 3.63) is 112 Å². The molecule has 2 N–H and O–H groups in total. The van der Waals surface area contributed by atoms with Crippen molar-refractivity contribution in [1.82, 2.24) is 5.32 Å². The van der Waals surface area contributed by atoms with Gasteiger partial charge in [0, 0.05) is 61.2 Å². The molecule has 2 aromatic rings. The minimum atomic E-state index is -0.143. The number of aliphatic hydroxyl groups excluding tert-OH is 1. The topological polar surface area (TPSA) is 124 Å². The lowest BCUT2D eigenvalue weighted by molar-refractivity contribution is -0.124. The molecule has 1 aliphatic carbocycles. The molecule has 3 unspecified atom stereocenters. The third-order valence-corrected chi connectivity index (χ3v) is 13.1. The van der Waals surface area contributed by atoms with Crippen molar-refractivity contribution in [3.8, 4) is 5.75 Å². The molecule has 9 heteroatoms. The van der Waals surface area contributed by atoms with E-state index in [0.717, 1.165) is 88.8 Å². The molecule has 0 aromatic heterocycles. The molecule has 1 saturated heterocycles. The Kier molecular flexibility index (Phi) is 35.1. The number of rotatable bonds is 24.